The van der Waals surface area contributed by atoms with Crippen molar-refractivity contribution >= 4 is 17.9 Å². The normalized spacial score (nSPS) is 12.3. The summed E-state index contributed by atoms with van der Waals surface area (Å²) in [6.45, 7) is 6.59. The molecule has 0 aliphatic carbocycles. The van der Waals surface area contributed by atoms with Gasteiger partial charge in [-0.15, -0.1) is 0 Å². The summed E-state index contributed by atoms with van der Waals surface area (Å²) in [5, 5.41) is 0. The fourth-order valence-corrected chi connectivity index (χ4v) is 11.1. The highest BCUT2D eigenvalue weighted by molar-refractivity contribution is 5.71. The van der Waals surface area contributed by atoms with Crippen LogP contribution in [0.4, 0.5) is 0 Å². The van der Waals surface area contributed by atoms with Crippen LogP contribution in [-0.2, 0) is 28.6 Å². The van der Waals surface area contributed by atoms with Crippen molar-refractivity contribution in [2.24, 2.45) is 0 Å². The maximum atomic E-state index is 13.0. The van der Waals surface area contributed by atoms with E-state index in [1.807, 2.05) is 0 Å². The molecule has 0 fully saturated rings. The van der Waals surface area contributed by atoms with Gasteiger partial charge in [-0.25, -0.2) is 0 Å². The molecule has 0 heterocycles. The minimum absolute atomic E-state index is 0.0755. The predicted molar refractivity (Wildman–Crippen MR) is 358 cm³/mol. The molecule has 82 heavy (non-hydrogen) atoms. The number of hydrogen-bond acceptors (Lipinski definition) is 6. The maximum Gasteiger partial charge on any atom is 0.306 e. The molecule has 0 aliphatic heterocycles. The average molecular weight is 1150 g/mol. The smallest absolute Gasteiger partial charge is 0.306 e. The summed E-state index contributed by atoms with van der Waals surface area (Å²) in [5.74, 6) is -0.869. The van der Waals surface area contributed by atoms with Crippen molar-refractivity contribution in [3.8, 4) is 0 Å². The minimum atomic E-state index is -0.782. The van der Waals surface area contributed by atoms with Crippen LogP contribution in [0.25, 0.3) is 0 Å². The molecule has 0 aromatic heterocycles. The Labute approximate surface area is 511 Å². The zero-order chi connectivity index (χ0) is 59.2. The fraction of sp³-hybridized carbons (Fsp3) is 0.855. The van der Waals surface area contributed by atoms with E-state index in [9.17, 15) is 14.4 Å². The van der Waals surface area contributed by atoms with Crippen LogP contribution < -0.4 is 0 Å². The highest BCUT2D eigenvalue weighted by Gasteiger charge is 2.19. The third-order valence-electron chi connectivity index (χ3n) is 16.6. The summed E-state index contributed by atoms with van der Waals surface area (Å²) in [5.41, 5.74) is 0. The van der Waals surface area contributed by atoms with E-state index in [1.54, 1.807) is 0 Å². The summed E-state index contributed by atoms with van der Waals surface area (Å²) >= 11 is 0. The first-order valence-electron chi connectivity index (χ1n) is 36.6. The number of esters is 3. The van der Waals surface area contributed by atoms with Gasteiger partial charge < -0.3 is 14.2 Å². The summed E-state index contributed by atoms with van der Waals surface area (Å²) < 4.78 is 17.0. The Bertz CT molecular complexity index is 1410. The van der Waals surface area contributed by atoms with Crippen LogP contribution in [0.15, 0.2) is 48.6 Å². The lowest BCUT2D eigenvalue weighted by atomic mass is 10.0. The van der Waals surface area contributed by atoms with E-state index in [4.69, 9.17) is 14.2 Å². The lowest BCUT2D eigenvalue weighted by Crippen LogP contribution is -2.30. The van der Waals surface area contributed by atoms with Crippen molar-refractivity contribution in [2.75, 3.05) is 13.2 Å². The predicted octanol–water partition coefficient (Wildman–Crippen LogP) is 25.3. The molecule has 0 aromatic rings. The van der Waals surface area contributed by atoms with Crippen molar-refractivity contribution in [3.05, 3.63) is 48.6 Å². The van der Waals surface area contributed by atoms with E-state index in [-0.39, 0.29) is 31.1 Å². The van der Waals surface area contributed by atoms with Gasteiger partial charge in [0.2, 0.25) is 0 Å². The van der Waals surface area contributed by atoms with Crippen LogP contribution in [0.3, 0.4) is 0 Å². The van der Waals surface area contributed by atoms with E-state index in [0.717, 1.165) is 96.3 Å². The number of carbonyl (C=O) groups excluding carboxylic acids is 3. The first-order valence-corrected chi connectivity index (χ1v) is 36.6. The molecule has 1 atom stereocenters. The Morgan fingerprint density at radius 1 is 0.256 bits per heavy atom. The van der Waals surface area contributed by atoms with Crippen molar-refractivity contribution in [3.63, 3.8) is 0 Å². The number of rotatable bonds is 68. The second kappa shape index (κ2) is 70.9. The minimum Gasteiger partial charge on any atom is -0.462 e. The Hall–Kier alpha value is -2.63. The topological polar surface area (TPSA) is 78.9 Å². The van der Waals surface area contributed by atoms with Crippen molar-refractivity contribution in [2.45, 2.75) is 406 Å². The van der Waals surface area contributed by atoms with Gasteiger partial charge in [0, 0.05) is 19.3 Å². The summed E-state index contributed by atoms with van der Waals surface area (Å²) in [7, 11) is 0. The summed E-state index contributed by atoms with van der Waals surface area (Å²) in [6, 6.07) is 0. The fourth-order valence-electron chi connectivity index (χ4n) is 11.1. The van der Waals surface area contributed by atoms with E-state index in [0.29, 0.717) is 19.3 Å². The van der Waals surface area contributed by atoms with E-state index in [2.05, 4.69) is 69.4 Å². The van der Waals surface area contributed by atoms with Gasteiger partial charge in [0.25, 0.3) is 0 Å². The number of unbranched alkanes of at least 4 members (excludes halogenated alkanes) is 49. The molecule has 0 bridgehead atoms. The Balaban J connectivity index is 4.28. The van der Waals surface area contributed by atoms with Crippen LogP contribution in [-0.4, -0.2) is 37.2 Å². The van der Waals surface area contributed by atoms with Gasteiger partial charge in [0.05, 0.1) is 0 Å². The molecule has 0 saturated carbocycles. The van der Waals surface area contributed by atoms with Crippen LogP contribution in [0.1, 0.15) is 400 Å². The standard InChI is InChI=1S/C76H140O6/c1-4-7-10-13-16-19-22-25-28-31-33-35-36-37-38-39-41-42-45-48-51-54-57-60-63-66-69-75(78)81-72-73(71-80-74(77)68-65-62-59-56-53-50-47-44-30-27-24-21-18-15-12-9-6-3)82-76(79)70-67-64-61-58-55-52-49-46-43-40-34-32-29-26-23-20-17-14-11-8-5-2/h9,12,18,21,27,30,47,50,73H,4-8,10-11,13-17,19-20,22-26,28-29,31-46,48-49,51-72H2,1-3H3/b12-9-,21-18-,30-27-,50-47-. The third kappa shape index (κ3) is 68.2. The highest BCUT2D eigenvalue weighted by Crippen LogP contribution is 2.19. The van der Waals surface area contributed by atoms with Crippen LogP contribution in [0.5, 0.6) is 0 Å². The number of carbonyl (C=O) groups is 3. The molecule has 1 unspecified atom stereocenters. The molecule has 0 spiro atoms. The maximum absolute atomic E-state index is 13.0. The van der Waals surface area contributed by atoms with Crippen LogP contribution >= 0.6 is 0 Å². The van der Waals surface area contributed by atoms with Crippen LogP contribution in [0.2, 0.25) is 0 Å². The second-order valence-electron chi connectivity index (χ2n) is 24.8. The molecule has 0 N–H and O–H groups in total. The van der Waals surface area contributed by atoms with Gasteiger partial charge in [-0.2, -0.15) is 0 Å². The first-order chi connectivity index (χ1) is 40.5. The van der Waals surface area contributed by atoms with Gasteiger partial charge in [-0.1, -0.05) is 371 Å². The molecular formula is C76H140O6. The monoisotopic (exact) mass is 1150 g/mol. The van der Waals surface area contributed by atoms with Crippen molar-refractivity contribution < 1.29 is 28.6 Å². The average Bonchev–Trinajstić information content (AvgIpc) is 3.47. The number of hydrogen-bond donors (Lipinski definition) is 0. The third-order valence-corrected chi connectivity index (χ3v) is 16.6. The molecule has 0 radical (unpaired) electrons. The SMILES string of the molecule is CC/C=C\C/C=C\C/C=C\C/C=C\CCCCCCC(=O)OCC(COC(=O)CCCCCCCCCCCCCCCCCCCCCCCCCCCC)OC(=O)CCCCCCCCCCCCCCCCCCCCCCC. The molecule has 0 aliphatic rings. The number of allylic oxidation sites excluding steroid dienone is 8. The molecule has 0 aromatic carbocycles. The van der Waals surface area contributed by atoms with Gasteiger partial charge >= 0.3 is 17.9 Å². The van der Waals surface area contributed by atoms with Gasteiger partial charge in [-0.05, 0) is 57.8 Å². The van der Waals surface area contributed by atoms with Gasteiger partial charge in [0.15, 0.2) is 6.10 Å². The summed E-state index contributed by atoms with van der Waals surface area (Å²) in [4.78, 5) is 38.5. The van der Waals surface area contributed by atoms with E-state index >= 15 is 0 Å². The number of ether oxygens (including phenoxy) is 3. The van der Waals surface area contributed by atoms with Crippen molar-refractivity contribution in [1.29, 1.82) is 0 Å². The summed E-state index contributed by atoms with van der Waals surface area (Å²) in [6.07, 6.45) is 90.1. The zero-order valence-electron chi connectivity index (χ0n) is 55.3. The molecule has 0 rings (SSSR count). The molecule has 0 saturated heterocycles. The van der Waals surface area contributed by atoms with Crippen molar-refractivity contribution in [1.82, 2.24) is 0 Å². The lowest BCUT2D eigenvalue weighted by Gasteiger charge is -2.18. The molecule has 6 nitrogen and oxygen atoms in total. The molecule has 0 amide bonds. The Kier molecular flexibility index (Phi) is 68.6. The molecule has 6 heteroatoms. The van der Waals surface area contributed by atoms with Gasteiger partial charge in [0.1, 0.15) is 13.2 Å². The highest BCUT2D eigenvalue weighted by atomic mass is 16.6. The van der Waals surface area contributed by atoms with Crippen LogP contribution in [0, 0.1) is 0 Å². The van der Waals surface area contributed by atoms with E-state index < -0.39 is 6.10 Å². The second-order valence-corrected chi connectivity index (χ2v) is 24.8. The Morgan fingerprint density at radius 2 is 0.476 bits per heavy atom. The molecular weight excluding hydrogens is 1010 g/mol. The zero-order valence-corrected chi connectivity index (χ0v) is 55.3. The lowest BCUT2D eigenvalue weighted by molar-refractivity contribution is -0.167. The van der Waals surface area contributed by atoms with E-state index in [1.165, 1.54) is 263 Å². The molecule has 480 valence electrons. The van der Waals surface area contributed by atoms with Gasteiger partial charge in [-0.3, -0.25) is 14.4 Å². The Morgan fingerprint density at radius 3 is 0.744 bits per heavy atom. The largest absolute Gasteiger partial charge is 0.462 e. The first kappa shape index (κ1) is 79.4. The quantitative estimate of drug-likeness (QED) is 0.0261.